The van der Waals surface area contributed by atoms with Crippen LogP contribution in [0, 0.1) is 11.3 Å². The van der Waals surface area contributed by atoms with Crippen LogP contribution in [0.2, 0.25) is 0 Å². The van der Waals surface area contributed by atoms with Crippen molar-refractivity contribution in [1.29, 1.82) is 5.26 Å². The first-order valence-corrected chi connectivity index (χ1v) is 8.91. The first-order chi connectivity index (χ1) is 14.2. The molecule has 0 saturated heterocycles. The summed E-state index contributed by atoms with van der Waals surface area (Å²) in [7, 11) is 1.56. The molecule has 0 fully saturated rings. The molecule has 0 radical (unpaired) electrons. The number of ether oxygens (including phenoxy) is 1. The number of para-hydroxylation sites is 2. The molecule has 4 rings (SSSR count). The third-order valence-electron chi connectivity index (χ3n) is 4.49. The molecule has 0 bridgehead atoms. The van der Waals surface area contributed by atoms with Crippen LogP contribution in [0.25, 0.3) is 28.2 Å². The molecule has 0 saturated carbocycles. The minimum absolute atomic E-state index is 0.350. The maximum absolute atomic E-state index is 13.4. The van der Waals surface area contributed by atoms with Crippen molar-refractivity contribution >= 4 is 0 Å². The molecule has 2 aromatic heterocycles. The van der Waals surface area contributed by atoms with Gasteiger partial charge in [0, 0.05) is 11.8 Å². The summed E-state index contributed by atoms with van der Waals surface area (Å²) in [5, 5.41) is 14.0. The topological polar surface area (TPSA) is 80.8 Å². The van der Waals surface area contributed by atoms with Gasteiger partial charge in [-0.2, -0.15) is 15.0 Å². The number of pyridine rings is 1. The molecular formula is C23H16N4O2. The Morgan fingerprint density at radius 3 is 2.45 bits per heavy atom. The van der Waals surface area contributed by atoms with Gasteiger partial charge >= 0.3 is 0 Å². The predicted octanol–water partition coefficient (Wildman–Crippen LogP) is 3.84. The predicted molar refractivity (Wildman–Crippen MR) is 110 cm³/mol. The molecular weight excluding hydrogens is 364 g/mol. The smallest absolute Gasteiger partial charge is 0.279 e. The summed E-state index contributed by atoms with van der Waals surface area (Å²) >= 11 is 0. The lowest BCUT2D eigenvalue weighted by atomic mass is 10.0. The number of methoxy groups -OCH3 is 1. The van der Waals surface area contributed by atoms with Gasteiger partial charge in [-0.05, 0) is 36.4 Å². The second-order valence-corrected chi connectivity index (χ2v) is 6.20. The Morgan fingerprint density at radius 2 is 1.69 bits per heavy atom. The number of hydrogen-bond donors (Lipinski definition) is 0. The normalized spacial score (nSPS) is 10.3. The fourth-order valence-corrected chi connectivity index (χ4v) is 3.11. The zero-order valence-corrected chi connectivity index (χ0v) is 15.6. The van der Waals surface area contributed by atoms with Gasteiger partial charge in [-0.1, -0.05) is 36.4 Å². The third-order valence-corrected chi connectivity index (χ3v) is 4.49. The van der Waals surface area contributed by atoms with Crippen molar-refractivity contribution in [2.45, 2.75) is 0 Å². The first-order valence-electron chi connectivity index (χ1n) is 8.91. The van der Waals surface area contributed by atoms with Gasteiger partial charge in [0.2, 0.25) is 0 Å². The Balaban J connectivity index is 2.07. The van der Waals surface area contributed by atoms with Crippen LogP contribution in [0.15, 0.2) is 83.8 Å². The summed E-state index contributed by atoms with van der Waals surface area (Å²) < 4.78 is 6.71. The van der Waals surface area contributed by atoms with E-state index >= 15 is 0 Å². The maximum Gasteiger partial charge on any atom is 0.279 e. The fourth-order valence-electron chi connectivity index (χ4n) is 3.11. The third kappa shape index (κ3) is 3.37. The highest BCUT2D eigenvalue weighted by molar-refractivity contribution is 5.73. The quantitative estimate of drug-likeness (QED) is 0.537. The second-order valence-electron chi connectivity index (χ2n) is 6.20. The lowest BCUT2D eigenvalue weighted by molar-refractivity contribution is 0.416. The minimum atomic E-state index is -0.350. The Hall–Kier alpha value is -4.24. The molecule has 0 atom stereocenters. The minimum Gasteiger partial charge on any atom is -0.496 e. The highest BCUT2D eigenvalue weighted by atomic mass is 16.5. The van der Waals surface area contributed by atoms with E-state index in [9.17, 15) is 10.1 Å². The Bertz CT molecular complexity index is 1270. The van der Waals surface area contributed by atoms with Crippen molar-refractivity contribution in [3.05, 3.63) is 94.9 Å². The van der Waals surface area contributed by atoms with Crippen molar-refractivity contribution in [2.24, 2.45) is 0 Å². The summed E-state index contributed by atoms with van der Waals surface area (Å²) in [4.78, 5) is 17.8. The zero-order valence-electron chi connectivity index (χ0n) is 15.6. The van der Waals surface area contributed by atoms with Crippen molar-refractivity contribution in [1.82, 2.24) is 14.8 Å². The van der Waals surface area contributed by atoms with Gasteiger partial charge in [0.25, 0.3) is 5.56 Å². The van der Waals surface area contributed by atoms with E-state index in [1.807, 2.05) is 36.4 Å². The van der Waals surface area contributed by atoms with Crippen LogP contribution < -0.4 is 10.3 Å². The standard InChI is InChI=1S/C23H16N4O2/c1-29-22-12-5-3-9-17(22)18-14-20(19-10-6-7-13-25-19)26-27(23(18)28)21-11-4-2-8-16(21)15-24/h2-14H,1H3. The van der Waals surface area contributed by atoms with Gasteiger partial charge in [0.1, 0.15) is 17.5 Å². The number of benzene rings is 2. The van der Waals surface area contributed by atoms with E-state index in [4.69, 9.17) is 4.74 Å². The monoisotopic (exact) mass is 380 g/mol. The average molecular weight is 380 g/mol. The highest BCUT2D eigenvalue weighted by Crippen LogP contribution is 2.29. The molecule has 6 heteroatoms. The molecule has 4 aromatic rings. The maximum atomic E-state index is 13.4. The van der Waals surface area contributed by atoms with Crippen LogP contribution in [0.1, 0.15) is 5.56 Å². The lowest BCUT2D eigenvalue weighted by Crippen LogP contribution is -2.24. The molecule has 0 aliphatic carbocycles. The van der Waals surface area contributed by atoms with E-state index in [0.29, 0.717) is 39.5 Å². The number of nitrogens with zero attached hydrogens (tertiary/aromatic N) is 4. The van der Waals surface area contributed by atoms with Gasteiger partial charge in [0.05, 0.1) is 29.6 Å². The Morgan fingerprint density at radius 1 is 0.931 bits per heavy atom. The summed E-state index contributed by atoms with van der Waals surface area (Å²) in [6.45, 7) is 0. The van der Waals surface area contributed by atoms with E-state index in [2.05, 4.69) is 16.2 Å². The van der Waals surface area contributed by atoms with Gasteiger partial charge in [0.15, 0.2) is 0 Å². The van der Waals surface area contributed by atoms with E-state index in [0.717, 1.165) is 0 Å². The second kappa shape index (κ2) is 7.79. The first kappa shape index (κ1) is 18.1. The fraction of sp³-hybridized carbons (Fsp3) is 0.0435. The Kier molecular flexibility index (Phi) is 4.87. The lowest BCUT2D eigenvalue weighted by Gasteiger charge is -2.13. The molecule has 0 unspecified atom stereocenters. The molecule has 0 spiro atoms. The largest absolute Gasteiger partial charge is 0.496 e. The van der Waals surface area contributed by atoms with Gasteiger partial charge < -0.3 is 4.74 Å². The molecule has 0 aliphatic heterocycles. The molecule has 0 N–H and O–H groups in total. The van der Waals surface area contributed by atoms with Crippen molar-refractivity contribution < 1.29 is 4.74 Å². The molecule has 2 aromatic carbocycles. The molecule has 6 nitrogen and oxygen atoms in total. The summed E-state index contributed by atoms with van der Waals surface area (Å²) in [6.07, 6.45) is 1.67. The molecule has 0 amide bonds. The molecule has 29 heavy (non-hydrogen) atoms. The SMILES string of the molecule is COc1ccccc1-c1cc(-c2ccccn2)nn(-c2ccccc2C#N)c1=O. The van der Waals surface area contributed by atoms with Gasteiger partial charge in [-0.15, -0.1) is 0 Å². The number of aromatic nitrogens is 3. The average Bonchev–Trinajstić information content (AvgIpc) is 2.80. The molecule has 2 heterocycles. The van der Waals surface area contributed by atoms with Crippen LogP contribution >= 0.6 is 0 Å². The molecule has 140 valence electrons. The Labute approximate surface area is 167 Å². The zero-order chi connectivity index (χ0) is 20.2. The van der Waals surface area contributed by atoms with E-state index < -0.39 is 0 Å². The number of rotatable bonds is 4. The number of hydrogen-bond acceptors (Lipinski definition) is 5. The summed E-state index contributed by atoms with van der Waals surface area (Å²) in [5.74, 6) is 0.572. The molecule has 0 aliphatic rings. The van der Waals surface area contributed by atoms with Crippen LogP contribution in [0.5, 0.6) is 5.75 Å². The van der Waals surface area contributed by atoms with E-state index in [-0.39, 0.29) is 5.56 Å². The van der Waals surface area contributed by atoms with E-state index in [1.165, 1.54) is 4.68 Å². The van der Waals surface area contributed by atoms with Gasteiger partial charge in [-0.3, -0.25) is 9.78 Å². The number of nitriles is 1. The van der Waals surface area contributed by atoms with E-state index in [1.54, 1.807) is 49.7 Å². The van der Waals surface area contributed by atoms with Crippen LogP contribution in [0.4, 0.5) is 0 Å². The van der Waals surface area contributed by atoms with Crippen LogP contribution in [0.3, 0.4) is 0 Å². The highest BCUT2D eigenvalue weighted by Gasteiger charge is 2.17. The van der Waals surface area contributed by atoms with Crippen molar-refractivity contribution in [3.8, 4) is 40.0 Å². The van der Waals surface area contributed by atoms with Crippen molar-refractivity contribution in [3.63, 3.8) is 0 Å². The summed E-state index contributed by atoms with van der Waals surface area (Å²) in [5.41, 5.74) is 2.59. The van der Waals surface area contributed by atoms with Gasteiger partial charge in [-0.25, -0.2) is 0 Å². The summed E-state index contributed by atoms with van der Waals surface area (Å²) in [6, 6.07) is 23.5. The van der Waals surface area contributed by atoms with Crippen molar-refractivity contribution in [2.75, 3.05) is 7.11 Å². The van der Waals surface area contributed by atoms with Crippen LogP contribution in [-0.4, -0.2) is 21.9 Å². The van der Waals surface area contributed by atoms with Crippen LogP contribution in [-0.2, 0) is 0 Å².